The minimum absolute atomic E-state index is 0.0494. The fourth-order valence-electron chi connectivity index (χ4n) is 4.27. The maximum atomic E-state index is 12.8. The van der Waals surface area contributed by atoms with Gasteiger partial charge in [-0.15, -0.1) is 0 Å². The smallest absolute Gasteiger partial charge is 0.223 e. The van der Waals surface area contributed by atoms with Gasteiger partial charge in [0.25, 0.3) is 0 Å². The Labute approximate surface area is 141 Å². The third-order valence-electron chi connectivity index (χ3n) is 5.80. The van der Waals surface area contributed by atoms with Crippen molar-refractivity contribution >= 4 is 5.91 Å². The zero-order valence-corrected chi connectivity index (χ0v) is 15.0. The van der Waals surface area contributed by atoms with Gasteiger partial charge >= 0.3 is 0 Å². The number of amides is 1. The van der Waals surface area contributed by atoms with E-state index in [9.17, 15) is 9.90 Å². The Morgan fingerprint density at radius 1 is 1.30 bits per heavy atom. The van der Waals surface area contributed by atoms with Crippen LogP contribution in [0.3, 0.4) is 0 Å². The van der Waals surface area contributed by atoms with Crippen LogP contribution in [-0.2, 0) is 4.79 Å². The first-order valence-corrected chi connectivity index (χ1v) is 9.39. The maximum Gasteiger partial charge on any atom is 0.223 e. The summed E-state index contributed by atoms with van der Waals surface area (Å²) in [5.41, 5.74) is 6.09. The van der Waals surface area contributed by atoms with Crippen LogP contribution in [-0.4, -0.2) is 65.7 Å². The van der Waals surface area contributed by atoms with E-state index in [1.165, 1.54) is 19.3 Å². The van der Waals surface area contributed by atoms with E-state index in [0.29, 0.717) is 25.6 Å². The molecule has 2 fully saturated rings. The van der Waals surface area contributed by atoms with Gasteiger partial charge in [0.15, 0.2) is 0 Å². The predicted molar refractivity (Wildman–Crippen MR) is 93.1 cm³/mol. The molecule has 1 amide bonds. The van der Waals surface area contributed by atoms with E-state index < -0.39 is 0 Å². The van der Waals surface area contributed by atoms with Gasteiger partial charge < -0.3 is 15.7 Å². The minimum Gasteiger partial charge on any atom is -0.392 e. The maximum absolute atomic E-state index is 12.8. The van der Waals surface area contributed by atoms with Crippen LogP contribution in [0, 0.1) is 5.41 Å². The van der Waals surface area contributed by atoms with Crippen LogP contribution in [0.1, 0.15) is 58.8 Å². The number of hydrogen-bond acceptors (Lipinski definition) is 4. The summed E-state index contributed by atoms with van der Waals surface area (Å²) in [5, 5.41) is 9.64. The van der Waals surface area contributed by atoms with Crippen LogP contribution in [0.25, 0.3) is 0 Å². The van der Waals surface area contributed by atoms with Crippen molar-refractivity contribution in [2.24, 2.45) is 11.1 Å². The summed E-state index contributed by atoms with van der Waals surface area (Å²) in [6.07, 6.45) is 7.24. The monoisotopic (exact) mass is 325 g/mol. The zero-order valence-electron chi connectivity index (χ0n) is 15.0. The third-order valence-corrected chi connectivity index (χ3v) is 5.80. The molecule has 1 heterocycles. The Bertz CT molecular complexity index is 380. The Balaban J connectivity index is 1.92. The third kappa shape index (κ3) is 4.91. The highest BCUT2D eigenvalue weighted by Crippen LogP contribution is 2.39. The van der Waals surface area contributed by atoms with Crippen molar-refractivity contribution < 1.29 is 9.90 Å². The van der Waals surface area contributed by atoms with E-state index in [1.54, 1.807) is 0 Å². The molecule has 0 bridgehead atoms. The van der Waals surface area contributed by atoms with E-state index in [4.69, 9.17) is 5.73 Å². The molecule has 1 aliphatic heterocycles. The van der Waals surface area contributed by atoms with Gasteiger partial charge in [-0.1, -0.05) is 26.2 Å². The number of carbonyl (C=O) groups is 1. The van der Waals surface area contributed by atoms with Crippen LogP contribution < -0.4 is 5.73 Å². The molecule has 2 atom stereocenters. The van der Waals surface area contributed by atoms with Gasteiger partial charge in [-0.3, -0.25) is 9.69 Å². The number of rotatable bonds is 6. The first kappa shape index (κ1) is 18.7. The second-order valence-corrected chi connectivity index (χ2v) is 7.69. The van der Waals surface area contributed by atoms with Gasteiger partial charge in [0.05, 0.1) is 6.10 Å². The molecular weight excluding hydrogens is 290 g/mol. The molecule has 5 heteroatoms. The van der Waals surface area contributed by atoms with Crippen molar-refractivity contribution in [3.05, 3.63) is 0 Å². The van der Waals surface area contributed by atoms with Crippen molar-refractivity contribution in [3.8, 4) is 0 Å². The van der Waals surface area contributed by atoms with E-state index >= 15 is 0 Å². The molecule has 1 aliphatic carbocycles. The summed E-state index contributed by atoms with van der Waals surface area (Å²) < 4.78 is 0. The number of aliphatic hydroxyl groups is 1. The van der Waals surface area contributed by atoms with Gasteiger partial charge in [-0.2, -0.15) is 0 Å². The Morgan fingerprint density at radius 2 is 2.00 bits per heavy atom. The highest BCUT2D eigenvalue weighted by molar-refractivity contribution is 5.77. The minimum atomic E-state index is -0.311. The van der Waals surface area contributed by atoms with Gasteiger partial charge in [0, 0.05) is 38.6 Å². The van der Waals surface area contributed by atoms with E-state index in [1.807, 2.05) is 11.8 Å². The largest absolute Gasteiger partial charge is 0.392 e. The van der Waals surface area contributed by atoms with Crippen molar-refractivity contribution in [2.75, 3.05) is 32.7 Å². The fourth-order valence-corrected chi connectivity index (χ4v) is 4.27. The van der Waals surface area contributed by atoms with Crippen LogP contribution in [0.5, 0.6) is 0 Å². The molecule has 5 nitrogen and oxygen atoms in total. The molecule has 134 valence electrons. The number of piperazine rings is 1. The summed E-state index contributed by atoms with van der Waals surface area (Å²) in [7, 11) is 0. The molecule has 2 aliphatic rings. The van der Waals surface area contributed by atoms with E-state index in [0.717, 1.165) is 38.9 Å². The fraction of sp³-hybridized carbons (Fsp3) is 0.944. The SMILES string of the molecule is CCC1CN(C(=O)CC2(CN)CCCCC2)CCN1CC(C)O. The van der Waals surface area contributed by atoms with Gasteiger partial charge in [-0.25, -0.2) is 0 Å². The second kappa shape index (κ2) is 8.45. The highest BCUT2D eigenvalue weighted by Gasteiger charge is 2.36. The lowest BCUT2D eigenvalue weighted by Gasteiger charge is -2.43. The number of aliphatic hydroxyl groups excluding tert-OH is 1. The Morgan fingerprint density at radius 3 is 2.57 bits per heavy atom. The Hall–Kier alpha value is -0.650. The summed E-state index contributed by atoms with van der Waals surface area (Å²) in [4.78, 5) is 17.2. The summed E-state index contributed by atoms with van der Waals surface area (Å²) >= 11 is 0. The van der Waals surface area contributed by atoms with Gasteiger partial charge in [0.2, 0.25) is 5.91 Å². The second-order valence-electron chi connectivity index (χ2n) is 7.69. The van der Waals surface area contributed by atoms with Crippen molar-refractivity contribution in [3.63, 3.8) is 0 Å². The number of nitrogens with two attached hydrogens (primary N) is 1. The zero-order chi connectivity index (χ0) is 16.9. The Kier molecular flexibility index (Phi) is 6.86. The molecule has 0 spiro atoms. The first-order chi connectivity index (χ1) is 11.0. The molecular formula is C18H35N3O2. The topological polar surface area (TPSA) is 69.8 Å². The van der Waals surface area contributed by atoms with Gasteiger partial charge in [-0.05, 0) is 38.1 Å². The molecule has 2 rings (SSSR count). The van der Waals surface area contributed by atoms with Crippen LogP contribution >= 0.6 is 0 Å². The van der Waals surface area contributed by atoms with Crippen molar-refractivity contribution in [2.45, 2.75) is 70.9 Å². The highest BCUT2D eigenvalue weighted by atomic mass is 16.3. The molecule has 0 aromatic heterocycles. The van der Waals surface area contributed by atoms with Crippen molar-refractivity contribution in [1.29, 1.82) is 0 Å². The lowest BCUT2D eigenvalue weighted by atomic mass is 9.71. The van der Waals surface area contributed by atoms with E-state index in [2.05, 4.69) is 11.8 Å². The number of β-amino-alcohol motifs (C(OH)–C–C–N with tert-alkyl or cyclic N) is 1. The first-order valence-electron chi connectivity index (χ1n) is 9.39. The molecule has 3 N–H and O–H groups in total. The molecule has 0 radical (unpaired) electrons. The molecule has 1 saturated carbocycles. The quantitative estimate of drug-likeness (QED) is 0.778. The lowest BCUT2D eigenvalue weighted by Crippen LogP contribution is -2.56. The summed E-state index contributed by atoms with van der Waals surface area (Å²) in [6, 6.07) is 0.363. The predicted octanol–water partition coefficient (Wildman–Crippen LogP) is 1.59. The van der Waals surface area contributed by atoms with Gasteiger partial charge in [0.1, 0.15) is 0 Å². The standard InChI is InChI=1S/C18H35N3O2/c1-3-16-13-21(10-9-20(16)12-15(2)22)17(23)11-18(14-19)7-5-4-6-8-18/h15-16,22H,3-14,19H2,1-2H3. The average molecular weight is 325 g/mol. The van der Waals surface area contributed by atoms with Crippen molar-refractivity contribution in [1.82, 2.24) is 9.80 Å². The summed E-state index contributed by atoms with van der Waals surface area (Å²) in [5.74, 6) is 0.285. The lowest BCUT2D eigenvalue weighted by molar-refractivity contribution is -0.137. The number of hydrogen-bond donors (Lipinski definition) is 2. The summed E-state index contributed by atoms with van der Waals surface area (Å²) in [6.45, 7) is 7.77. The molecule has 23 heavy (non-hydrogen) atoms. The number of carbonyl (C=O) groups excluding carboxylic acids is 1. The molecule has 0 aromatic rings. The normalized spacial score (nSPS) is 27.0. The molecule has 2 unspecified atom stereocenters. The van der Waals surface area contributed by atoms with Crippen LogP contribution in [0.15, 0.2) is 0 Å². The van der Waals surface area contributed by atoms with Crippen LogP contribution in [0.2, 0.25) is 0 Å². The number of nitrogens with zero attached hydrogens (tertiary/aromatic N) is 2. The molecule has 1 saturated heterocycles. The molecule has 0 aromatic carbocycles. The van der Waals surface area contributed by atoms with Crippen LogP contribution in [0.4, 0.5) is 0 Å². The van der Waals surface area contributed by atoms with E-state index in [-0.39, 0.29) is 17.4 Å². The average Bonchev–Trinajstić information content (AvgIpc) is 2.55.